The molecule has 0 unspecified atom stereocenters. The van der Waals surface area contributed by atoms with Crippen molar-refractivity contribution in [2.45, 2.75) is 25.6 Å². The van der Waals surface area contributed by atoms with E-state index in [2.05, 4.69) is 15.3 Å². The molecule has 2 aromatic heterocycles. The van der Waals surface area contributed by atoms with Gasteiger partial charge in [-0.3, -0.25) is 9.78 Å². The molecule has 1 aliphatic heterocycles. The van der Waals surface area contributed by atoms with Crippen LogP contribution in [0.1, 0.15) is 22.6 Å². The van der Waals surface area contributed by atoms with Crippen molar-refractivity contribution in [3.8, 4) is 5.69 Å². The minimum Gasteiger partial charge on any atom is -0.390 e. The van der Waals surface area contributed by atoms with Crippen molar-refractivity contribution in [3.05, 3.63) is 48.0 Å². The first-order chi connectivity index (χ1) is 12.6. The van der Waals surface area contributed by atoms with E-state index < -0.39 is 12.2 Å². The highest BCUT2D eigenvalue weighted by atomic mass is 16.3. The number of benzene rings is 1. The van der Waals surface area contributed by atoms with Gasteiger partial charge < -0.3 is 15.1 Å². The van der Waals surface area contributed by atoms with Crippen molar-refractivity contribution >= 4 is 16.7 Å². The number of amides is 1. The van der Waals surface area contributed by atoms with Crippen LogP contribution >= 0.6 is 0 Å². The maximum absolute atomic E-state index is 12.8. The Morgan fingerprint density at radius 3 is 2.88 bits per heavy atom. The first-order valence-electron chi connectivity index (χ1n) is 8.47. The van der Waals surface area contributed by atoms with Crippen molar-refractivity contribution in [2.75, 3.05) is 13.1 Å². The van der Waals surface area contributed by atoms with E-state index in [1.807, 2.05) is 24.3 Å². The van der Waals surface area contributed by atoms with Crippen LogP contribution in [-0.4, -0.2) is 66.3 Å². The zero-order valence-corrected chi connectivity index (χ0v) is 14.3. The summed E-state index contributed by atoms with van der Waals surface area (Å²) in [5, 5.41) is 29.6. The molecule has 3 aromatic rings. The van der Waals surface area contributed by atoms with Gasteiger partial charge in [0.25, 0.3) is 5.91 Å². The average Bonchev–Trinajstić information content (AvgIpc) is 3.04. The number of rotatable bonds is 2. The Balaban J connectivity index is 1.69. The van der Waals surface area contributed by atoms with Gasteiger partial charge in [-0.2, -0.15) is 0 Å². The molecule has 0 radical (unpaired) electrons. The third-order valence-electron chi connectivity index (χ3n) is 4.82. The zero-order chi connectivity index (χ0) is 18.3. The molecule has 2 atom stereocenters. The number of aromatic nitrogens is 4. The molecule has 0 bridgehead atoms. The number of nitrogens with zero attached hydrogens (tertiary/aromatic N) is 5. The smallest absolute Gasteiger partial charge is 0.276 e. The number of hydrogen-bond donors (Lipinski definition) is 2. The standard InChI is InChI=1S/C18H19N5O3/c1-11-17(18(26)22-8-6-15(24)16(25)10-22)20-21-23(11)14-4-2-3-12-9-19-7-5-13(12)14/h2-5,7,9,15-16,24-25H,6,8,10H2,1H3/t15-,16+/m1/s1. The van der Waals surface area contributed by atoms with Crippen molar-refractivity contribution < 1.29 is 15.0 Å². The predicted octanol–water partition coefficient (Wildman–Crippen LogP) is 0.692. The molecule has 1 saturated heterocycles. The Morgan fingerprint density at radius 2 is 2.08 bits per heavy atom. The van der Waals surface area contributed by atoms with Gasteiger partial charge in [0.2, 0.25) is 0 Å². The number of aliphatic hydroxyl groups excluding tert-OH is 2. The number of aliphatic hydroxyl groups is 2. The fraction of sp³-hybridized carbons (Fsp3) is 0.333. The van der Waals surface area contributed by atoms with E-state index >= 15 is 0 Å². The van der Waals surface area contributed by atoms with Crippen molar-refractivity contribution in [1.29, 1.82) is 0 Å². The maximum atomic E-state index is 12.8. The van der Waals surface area contributed by atoms with E-state index in [4.69, 9.17) is 0 Å². The topological polar surface area (TPSA) is 104 Å². The predicted molar refractivity (Wildman–Crippen MR) is 93.9 cm³/mol. The number of likely N-dealkylation sites (tertiary alicyclic amines) is 1. The van der Waals surface area contributed by atoms with Gasteiger partial charge in [0.05, 0.1) is 23.6 Å². The summed E-state index contributed by atoms with van der Waals surface area (Å²) in [6, 6.07) is 7.68. The van der Waals surface area contributed by atoms with E-state index in [-0.39, 0.29) is 18.1 Å². The number of fused-ring (bicyclic) bond motifs is 1. The Morgan fingerprint density at radius 1 is 1.23 bits per heavy atom. The number of hydrogen-bond acceptors (Lipinski definition) is 6. The molecule has 26 heavy (non-hydrogen) atoms. The minimum atomic E-state index is -0.936. The number of pyridine rings is 1. The quantitative estimate of drug-likeness (QED) is 0.702. The molecule has 8 nitrogen and oxygen atoms in total. The highest BCUT2D eigenvalue weighted by Gasteiger charge is 2.31. The lowest BCUT2D eigenvalue weighted by atomic mass is 10.0. The fourth-order valence-corrected chi connectivity index (χ4v) is 3.30. The lowest BCUT2D eigenvalue weighted by Gasteiger charge is -2.33. The van der Waals surface area contributed by atoms with Crippen molar-refractivity contribution in [1.82, 2.24) is 24.9 Å². The molecular weight excluding hydrogens is 334 g/mol. The van der Waals surface area contributed by atoms with Crippen LogP contribution in [0.15, 0.2) is 36.7 Å². The molecule has 3 heterocycles. The van der Waals surface area contributed by atoms with E-state index in [9.17, 15) is 15.0 Å². The van der Waals surface area contributed by atoms with Crippen molar-refractivity contribution in [3.63, 3.8) is 0 Å². The van der Waals surface area contributed by atoms with Gasteiger partial charge in [-0.15, -0.1) is 5.10 Å². The van der Waals surface area contributed by atoms with E-state index in [1.54, 1.807) is 24.0 Å². The van der Waals surface area contributed by atoms with Gasteiger partial charge in [0.1, 0.15) is 0 Å². The summed E-state index contributed by atoms with van der Waals surface area (Å²) < 4.78 is 1.64. The lowest BCUT2D eigenvalue weighted by molar-refractivity contribution is -0.0323. The first kappa shape index (κ1) is 16.6. The number of carbonyl (C=O) groups excluding carboxylic acids is 1. The Hall–Kier alpha value is -2.84. The number of carbonyl (C=O) groups is 1. The summed E-state index contributed by atoms with van der Waals surface area (Å²) in [4.78, 5) is 18.4. The second kappa shape index (κ2) is 6.47. The molecule has 0 aliphatic carbocycles. The second-order valence-corrected chi connectivity index (χ2v) is 6.48. The molecule has 134 valence electrons. The molecule has 1 fully saturated rings. The molecule has 0 spiro atoms. The van der Waals surface area contributed by atoms with Crippen LogP contribution in [0.3, 0.4) is 0 Å². The van der Waals surface area contributed by atoms with Crippen LogP contribution in [0.5, 0.6) is 0 Å². The van der Waals surface area contributed by atoms with E-state index in [1.165, 1.54) is 4.90 Å². The highest BCUT2D eigenvalue weighted by molar-refractivity contribution is 5.94. The summed E-state index contributed by atoms with van der Waals surface area (Å²) in [7, 11) is 0. The molecule has 1 aromatic carbocycles. The van der Waals surface area contributed by atoms with Gasteiger partial charge in [0, 0.05) is 36.3 Å². The summed E-state index contributed by atoms with van der Waals surface area (Å²) in [5.41, 5.74) is 1.70. The molecular formula is C18H19N5O3. The second-order valence-electron chi connectivity index (χ2n) is 6.48. The monoisotopic (exact) mass is 353 g/mol. The van der Waals surface area contributed by atoms with Crippen molar-refractivity contribution in [2.24, 2.45) is 0 Å². The van der Waals surface area contributed by atoms with Crippen LogP contribution in [-0.2, 0) is 0 Å². The number of piperidine rings is 1. The maximum Gasteiger partial charge on any atom is 0.276 e. The van der Waals surface area contributed by atoms with Gasteiger partial charge in [0.15, 0.2) is 5.69 Å². The van der Waals surface area contributed by atoms with E-state index in [0.717, 1.165) is 16.5 Å². The molecule has 2 N–H and O–H groups in total. The van der Waals surface area contributed by atoms with Crippen LogP contribution in [0.25, 0.3) is 16.5 Å². The SMILES string of the molecule is Cc1c(C(=O)N2CC[C@@H](O)[C@@H](O)C2)nnn1-c1cccc2cnccc12. The zero-order valence-electron chi connectivity index (χ0n) is 14.3. The fourth-order valence-electron chi connectivity index (χ4n) is 3.30. The molecule has 8 heteroatoms. The van der Waals surface area contributed by atoms with Crippen LogP contribution < -0.4 is 0 Å². The summed E-state index contributed by atoms with van der Waals surface area (Å²) >= 11 is 0. The average molecular weight is 353 g/mol. The molecule has 0 saturated carbocycles. The van der Waals surface area contributed by atoms with Crippen LogP contribution in [0.2, 0.25) is 0 Å². The molecule has 1 amide bonds. The minimum absolute atomic E-state index is 0.0895. The van der Waals surface area contributed by atoms with Crippen LogP contribution in [0.4, 0.5) is 0 Å². The van der Waals surface area contributed by atoms with Gasteiger partial charge >= 0.3 is 0 Å². The lowest BCUT2D eigenvalue weighted by Crippen LogP contribution is -2.49. The Kier molecular flexibility index (Phi) is 4.14. The summed E-state index contributed by atoms with van der Waals surface area (Å²) in [6.07, 6.45) is 2.10. The Labute approximate surface area is 149 Å². The van der Waals surface area contributed by atoms with Gasteiger partial charge in [-0.25, -0.2) is 4.68 Å². The van der Waals surface area contributed by atoms with E-state index in [0.29, 0.717) is 18.7 Å². The Bertz CT molecular complexity index is 965. The molecule has 1 aliphatic rings. The summed E-state index contributed by atoms with van der Waals surface area (Å²) in [6.45, 7) is 2.26. The largest absolute Gasteiger partial charge is 0.390 e. The first-order valence-corrected chi connectivity index (χ1v) is 8.47. The highest BCUT2D eigenvalue weighted by Crippen LogP contribution is 2.23. The van der Waals surface area contributed by atoms with Crippen LogP contribution in [0, 0.1) is 6.92 Å². The normalized spacial score (nSPS) is 20.5. The number of β-amino-alcohol motifs (C(OH)–C–C–N with tert-alkyl or cyclic N) is 1. The van der Waals surface area contributed by atoms with Gasteiger partial charge in [-0.05, 0) is 25.5 Å². The third kappa shape index (κ3) is 2.73. The molecule has 4 rings (SSSR count). The third-order valence-corrected chi connectivity index (χ3v) is 4.82. The summed E-state index contributed by atoms with van der Waals surface area (Å²) in [5.74, 6) is -0.290. The van der Waals surface area contributed by atoms with Gasteiger partial charge in [-0.1, -0.05) is 17.3 Å².